The van der Waals surface area contributed by atoms with E-state index in [0.29, 0.717) is 16.3 Å². The Morgan fingerprint density at radius 1 is 1.44 bits per heavy atom. The van der Waals surface area contributed by atoms with Crippen LogP contribution in [0.25, 0.3) is 0 Å². The second kappa shape index (κ2) is 5.61. The number of benzene rings is 1. The van der Waals surface area contributed by atoms with Crippen molar-refractivity contribution < 1.29 is 9.53 Å². The third kappa shape index (κ3) is 2.61. The van der Waals surface area contributed by atoms with E-state index < -0.39 is 0 Å². The van der Waals surface area contributed by atoms with Gasteiger partial charge in [0.2, 0.25) is 0 Å². The fraction of sp³-hybridized carbons (Fsp3) is 0.500. The van der Waals surface area contributed by atoms with Gasteiger partial charge in [0, 0.05) is 17.6 Å². The molecule has 1 amide bonds. The second-order valence-corrected chi connectivity index (χ2v) is 5.12. The first-order chi connectivity index (χ1) is 8.63. The number of ether oxygens (including phenoxy) is 1. The quantitative estimate of drug-likeness (QED) is 0.822. The van der Waals surface area contributed by atoms with Gasteiger partial charge in [0.1, 0.15) is 5.75 Å². The van der Waals surface area contributed by atoms with Crippen LogP contribution in [-0.4, -0.2) is 30.5 Å². The lowest BCUT2D eigenvalue weighted by atomic mass is 10.0. The van der Waals surface area contributed by atoms with Gasteiger partial charge in [0.25, 0.3) is 5.91 Å². The Morgan fingerprint density at radius 2 is 2.22 bits per heavy atom. The van der Waals surface area contributed by atoms with Crippen LogP contribution in [0.15, 0.2) is 18.2 Å². The zero-order chi connectivity index (χ0) is 13.1. The highest BCUT2D eigenvalue weighted by atomic mass is 35.5. The topological polar surface area (TPSA) is 29.5 Å². The highest BCUT2D eigenvalue weighted by molar-refractivity contribution is 6.31. The Kier molecular flexibility index (Phi) is 4.12. The van der Waals surface area contributed by atoms with E-state index in [1.54, 1.807) is 25.3 Å². The zero-order valence-corrected chi connectivity index (χ0v) is 11.5. The standard InChI is InChI=1S/C14H18ClNO2/c1-10-5-3-4-8-16(10)14(17)12-9-11(15)6-7-13(12)18-2/h6-7,9-10H,3-5,8H2,1-2H3/t10-/m0/s1. The van der Waals surface area contributed by atoms with Gasteiger partial charge in [-0.1, -0.05) is 11.6 Å². The van der Waals surface area contributed by atoms with Crippen molar-refractivity contribution in [3.8, 4) is 5.75 Å². The predicted octanol–water partition coefficient (Wildman–Crippen LogP) is 3.36. The molecular weight excluding hydrogens is 250 g/mol. The molecule has 0 saturated carbocycles. The molecule has 1 aromatic carbocycles. The number of amides is 1. The van der Waals surface area contributed by atoms with Crippen molar-refractivity contribution in [1.82, 2.24) is 4.90 Å². The molecule has 1 fully saturated rings. The van der Waals surface area contributed by atoms with Crippen LogP contribution < -0.4 is 4.74 Å². The summed E-state index contributed by atoms with van der Waals surface area (Å²) in [4.78, 5) is 14.4. The number of carbonyl (C=O) groups is 1. The van der Waals surface area contributed by atoms with Crippen molar-refractivity contribution in [1.29, 1.82) is 0 Å². The van der Waals surface area contributed by atoms with E-state index in [4.69, 9.17) is 16.3 Å². The minimum Gasteiger partial charge on any atom is -0.496 e. The smallest absolute Gasteiger partial charge is 0.257 e. The van der Waals surface area contributed by atoms with Crippen molar-refractivity contribution in [3.05, 3.63) is 28.8 Å². The summed E-state index contributed by atoms with van der Waals surface area (Å²) in [7, 11) is 1.57. The largest absolute Gasteiger partial charge is 0.496 e. The molecule has 98 valence electrons. The van der Waals surface area contributed by atoms with Crippen LogP contribution in [0.5, 0.6) is 5.75 Å². The molecule has 18 heavy (non-hydrogen) atoms. The van der Waals surface area contributed by atoms with Crippen LogP contribution in [0.1, 0.15) is 36.5 Å². The van der Waals surface area contributed by atoms with Gasteiger partial charge in [-0.15, -0.1) is 0 Å². The molecule has 0 radical (unpaired) electrons. The van der Waals surface area contributed by atoms with E-state index in [9.17, 15) is 4.79 Å². The lowest BCUT2D eigenvalue weighted by Gasteiger charge is -2.33. The molecule has 0 aliphatic carbocycles. The van der Waals surface area contributed by atoms with Gasteiger partial charge in [-0.3, -0.25) is 4.79 Å². The molecule has 3 nitrogen and oxygen atoms in total. The summed E-state index contributed by atoms with van der Waals surface area (Å²) >= 11 is 5.97. The Morgan fingerprint density at radius 3 is 2.89 bits per heavy atom. The van der Waals surface area contributed by atoms with Crippen LogP contribution >= 0.6 is 11.6 Å². The van der Waals surface area contributed by atoms with Gasteiger partial charge in [-0.25, -0.2) is 0 Å². The molecule has 0 N–H and O–H groups in total. The molecule has 1 heterocycles. The monoisotopic (exact) mass is 267 g/mol. The predicted molar refractivity (Wildman–Crippen MR) is 72.4 cm³/mol. The fourth-order valence-electron chi connectivity index (χ4n) is 2.40. The first-order valence-corrected chi connectivity index (χ1v) is 6.66. The average Bonchev–Trinajstić information content (AvgIpc) is 2.38. The number of hydrogen-bond donors (Lipinski definition) is 0. The van der Waals surface area contributed by atoms with Crippen LogP contribution in [-0.2, 0) is 0 Å². The minimum absolute atomic E-state index is 0.0153. The summed E-state index contributed by atoms with van der Waals surface area (Å²) in [5.41, 5.74) is 0.554. The number of hydrogen-bond acceptors (Lipinski definition) is 2. The fourth-order valence-corrected chi connectivity index (χ4v) is 2.57. The number of rotatable bonds is 2. The lowest BCUT2D eigenvalue weighted by Crippen LogP contribution is -2.42. The first kappa shape index (κ1) is 13.2. The van der Waals surface area contributed by atoms with Gasteiger partial charge >= 0.3 is 0 Å². The van der Waals surface area contributed by atoms with E-state index in [0.717, 1.165) is 19.4 Å². The van der Waals surface area contributed by atoms with Gasteiger partial charge in [0.05, 0.1) is 12.7 Å². The van der Waals surface area contributed by atoms with E-state index in [2.05, 4.69) is 6.92 Å². The van der Waals surface area contributed by atoms with Crippen LogP contribution in [0, 0.1) is 0 Å². The third-order valence-corrected chi connectivity index (χ3v) is 3.69. The Hall–Kier alpha value is -1.22. The second-order valence-electron chi connectivity index (χ2n) is 4.69. The number of nitrogens with zero attached hydrogens (tertiary/aromatic N) is 1. The summed E-state index contributed by atoms with van der Waals surface area (Å²) in [5, 5.41) is 0.559. The third-order valence-electron chi connectivity index (χ3n) is 3.46. The Labute approximate surface area is 113 Å². The summed E-state index contributed by atoms with van der Waals surface area (Å²) in [6.45, 7) is 2.91. The van der Waals surface area contributed by atoms with E-state index in [1.165, 1.54) is 6.42 Å². The molecule has 2 rings (SSSR count). The van der Waals surface area contributed by atoms with Gasteiger partial charge in [-0.05, 0) is 44.4 Å². The summed E-state index contributed by atoms with van der Waals surface area (Å²) < 4.78 is 5.24. The number of carbonyl (C=O) groups excluding carboxylic acids is 1. The summed E-state index contributed by atoms with van der Waals surface area (Å²) in [6, 6.07) is 5.44. The van der Waals surface area contributed by atoms with E-state index in [-0.39, 0.29) is 11.9 Å². The molecule has 0 bridgehead atoms. The van der Waals surface area contributed by atoms with Gasteiger partial charge in [0.15, 0.2) is 0 Å². The zero-order valence-electron chi connectivity index (χ0n) is 10.8. The molecule has 1 saturated heterocycles. The number of methoxy groups -OCH3 is 1. The normalized spacial score (nSPS) is 19.7. The first-order valence-electron chi connectivity index (χ1n) is 6.28. The van der Waals surface area contributed by atoms with E-state index in [1.807, 2.05) is 4.90 Å². The molecule has 0 spiro atoms. The maximum atomic E-state index is 12.5. The molecule has 0 unspecified atom stereocenters. The number of likely N-dealkylation sites (tertiary alicyclic amines) is 1. The minimum atomic E-state index is 0.0153. The molecule has 1 aliphatic heterocycles. The molecule has 1 aromatic rings. The maximum absolute atomic E-state index is 12.5. The molecule has 1 atom stereocenters. The number of piperidine rings is 1. The average molecular weight is 268 g/mol. The van der Waals surface area contributed by atoms with Gasteiger partial charge < -0.3 is 9.64 Å². The summed E-state index contributed by atoms with van der Waals surface area (Å²) in [5.74, 6) is 0.601. The van der Waals surface area contributed by atoms with Crippen LogP contribution in [0.4, 0.5) is 0 Å². The molecule has 1 aliphatic rings. The van der Waals surface area contributed by atoms with Crippen molar-refractivity contribution in [2.75, 3.05) is 13.7 Å². The molecular formula is C14H18ClNO2. The van der Waals surface area contributed by atoms with Gasteiger partial charge in [-0.2, -0.15) is 0 Å². The highest BCUT2D eigenvalue weighted by Gasteiger charge is 2.26. The highest BCUT2D eigenvalue weighted by Crippen LogP contribution is 2.26. The lowest BCUT2D eigenvalue weighted by molar-refractivity contribution is 0.0632. The molecule has 0 aromatic heterocycles. The van der Waals surface area contributed by atoms with Crippen LogP contribution in [0.3, 0.4) is 0 Å². The van der Waals surface area contributed by atoms with Crippen molar-refractivity contribution in [3.63, 3.8) is 0 Å². The van der Waals surface area contributed by atoms with Crippen molar-refractivity contribution >= 4 is 17.5 Å². The Balaban J connectivity index is 2.29. The maximum Gasteiger partial charge on any atom is 0.257 e. The molecule has 4 heteroatoms. The SMILES string of the molecule is COc1ccc(Cl)cc1C(=O)N1CCCC[C@@H]1C. The number of halogens is 1. The van der Waals surface area contributed by atoms with E-state index >= 15 is 0 Å². The van der Waals surface area contributed by atoms with Crippen molar-refractivity contribution in [2.45, 2.75) is 32.2 Å². The van der Waals surface area contributed by atoms with Crippen molar-refractivity contribution in [2.24, 2.45) is 0 Å². The van der Waals surface area contributed by atoms with Crippen LogP contribution in [0.2, 0.25) is 5.02 Å². The summed E-state index contributed by atoms with van der Waals surface area (Å²) in [6.07, 6.45) is 3.32. The Bertz CT molecular complexity index is 447.